The van der Waals surface area contributed by atoms with Gasteiger partial charge in [0.1, 0.15) is 0 Å². The van der Waals surface area contributed by atoms with E-state index < -0.39 is 0 Å². The van der Waals surface area contributed by atoms with Crippen molar-refractivity contribution in [2.45, 2.75) is 71.9 Å². The summed E-state index contributed by atoms with van der Waals surface area (Å²) in [6.45, 7) is 11.8. The fourth-order valence-electron chi connectivity index (χ4n) is 4.49. The minimum absolute atomic E-state index is 0.551. The highest BCUT2D eigenvalue weighted by Gasteiger charge is 2.39. The Morgan fingerprint density at radius 2 is 1.89 bits per heavy atom. The highest BCUT2D eigenvalue weighted by atomic mass is 15.2. The lowest BCUT2D eigenvalue weighted by atomic mass is 9.69. The molecule has 0 aromatic heterocycles. The van der Waals surface area contributed by atoms with Crippen LogP contribution in [0.15, 0.2) is 0 Å². The number of rotatable bonds is 2. The summed E-state index contributed by atoms with van der Waals surface area (Å²) in [7, 11) is 0. The van der Waals surface area contributed by atoms with Gasteiger partial charge in [0.05, 0.1) is 0 Å². The number of hydrogen-bond acceptors (Lipinski definition) is 2. The lowest BCUT2D eigenvalue weighted by Gasteiger charge is -2.50. The average molecular weight is 252 g/mol. The van der Waals surface area contributed by atoms with Gasteiger partial charge in [0, 0.05) is 18.6 Å². The molecule has 4 unspecified atom stereocenters. The molecule has 1 aliphatic carbocycles. The Balaban J connectivity index is 2.06. The van der Waals surface area contributed by atoms with Gasteiger partial charge in [-0.3, -0.25) is 4.90 Å². The van der Waals surface area contributed by atoms with E-state index in [4.69, 9.17) is 5.73 Å². The molecule has 0 aromatic carbocycles. The summed E-state index contributed by atoms with van der Waals surface area (Å²) >= 11 is 0. The van der Waals surface area contributed by atoms with Crippen LogP contribution < -0.4 is 5.73 Å². The van der Waals surface area contributed by atoms with Crippen molar-refractivity contribution < 1.29 is 0 Å². The van der Waals surface area contributed by atoms with Gasteiger partial charge >= 0.3 is 0 Å². The Morgan fingerprint density at radius 1 is 1.17 bits per heavy atom. The summed E-state index contributed by atoms with van der Waals surface area (Å²) in [5, 5.41) is 0. The van der Waals surface area contributed by atoms with Crippen LogP contribution in [0, 0.1) is 17.3 Å². The summed E-state index contributed by atoms with van der Waals surface area (Å²) < 4.78 is 0. The summed E-state index contributed by atoms with van der Waals surface area (Å²) in [4.78, 5) is 2.77. The zero-order valence-electron chi connectivity index (χ0n) is 12.8. The molecule has 0 amide bonds. The third-order valence-corrected chi connectivity index (χ3v) is 5.47. The molecular weight excluding hydrogens is 220 g/mol. The van der Waals surface area contributed by atoms with Gasteiger partial charge in [-0.25, -0.2) is 0 Å². The van der Waals surface area contributed by atoms with E-state index in [1.807, 2.05) is 0 Å². The number of piperidine rings is 1. The molecule has 2 rings (SSSR count). The normalized spacial score (nSPS) is 41.8. The predicted octanol–water partition coefficient (Wildman–Crippen LogP) is 3.26. The Morgan fingerprint density at radius 3 is 2.50 bits per heavy atom. The fourth-order valence-corrected chi connectivity index (χ4v) is 4.49. The van der Waals surface area contributed by atoms with Crippen LogP contribution in [0.1, 0.15) is 59.8 Å². The summed E-state index contributed by atoms with van der Waals surface area (Å²) in [6.07, 6.45) is 6.86. The third kappa shape index (κ3) is 2.91. The maximum atomic E-state index is 6.05. The summed E-state index contributed by atoms with van der Waals surface area (Å²) in [6, 6.07) is 1.42. The number of nitrogens with zero attached hydrogens (tertiary/aromatic N) is 1. The van der Waals surface area contributed by atoms with Crippen molar-refractivity contribution in [1.29, 1.82) is 0 Å². The topological polar surface area (TPSA) is 29.3 Å². The summed E-state index contributed by atoms with van der Waals surface area (Å²) in [5.74, 6) is 1.61. The van der Waals surface area contributed by atoms with Crippen LogP contribution in [0.2, 0.25) is 0 Å². The molecule has 0 bridgehead atoms. The van der Waals surface area contributed by atoms with Crippen molar-refractivity contribution in [2.75, 3.05) is 13.1 Å². The minimum Gasteiger partial charge on any atom is -0.329 e. The van der Waals surface area contributed by atoms with Crippen molar-refractivity contribution in [3.05, 3.63) is 0 Å². The third-order valence-electron chi connectivity index (χ3n) is 5.47. The molecule has 106 valence electrons. The van der Waals surface area contributed by atoms with Gasteiger partial charge in [-0.1, -0.05) is 27.7 Å². The monoisotopic (exact) mass is 252 g/mol. The molecule has 18 heavy (non-hydrogen) atoms. The molecule has 0 aromatic rings. The predicted molar refractivity (Wildman–Crippen MR) is 78.5 cm³/mol. The zero-order valence-corrected chi connectivity index (χ0v) is 12.8. The van der Waals surface area contributed by atoms with E-state index in [2.05, 4.69) is 32.6 Å². The van der Waals surface area contributed by atoms with E-state index in [1.165, 1.54) is 38.6 Å². The van der Waals surface area contributed by atoms with E-state index in [1.54, 1.807) is 0 Å². The quantitative estimate of drug-likeness (QED) is 0.817. The molecule has 1 saturated heterocycles. The smallest absolute Gasteiger partial charge is 0.0247 e. The van der Waals surface area contributed by atoms with Gasteiger partial charge in [-0.05, 0) is 55.9 Å². The first-order valence-electron chi connectivity index (χ1n) is 7.90. The van der Waals surface area contributed by atoms with E-state index in [0.717, 1.165) is 24.4 Å². The van der Waals surface area contributed by atoms with Crippen molar-refractivity contribution in [3.63, 3.8) is 0 Å². The number of likely N-dealkylation sites (tertiary alicyclic amines) is 1. The first kappa shape index (κ1) is 14.3. The average Bonchev–Trinajstić information content (AvgIpc) is 2.27. The van der Waals surface area contributed by atoms with E-state index in [-0.39, 0.29) is 0 Å². The second kappa shape index (κ2) is 5.50. The second-order valence-corrected chi connectivity index (χ2v) is 7.61. The lowest BCUT2D eigenvalue weighted by Crippen LogP contribution is -2.56. The van der Waals surface area contributed by atoms with Crippen molar-refractivity contribution >= 4 is 0 Å². The molecule has 1 aliphatic heterocycles. The molecule has 2 heteroatoms. The number of nitrogens with two attached hydrogens (primary N) is 1. The van der Waals surface area contributed by atoms with Crippen LogP contribution >= 0.6 is 0 Å². The first-order valence-corrected chi connectivity index (χ1v) is 7.90. The molecule has 2 nitrogen and oxygen atoms in total. The molecule has 1 heterocycles. The molecule has 2 N–H and O–H groups in total. The first-order chi connectivity index (χ1) is 8.44. The van der Waals surface area contributed by atoms with Gasteiger partial charge in [0.2, 0.25) is 0 Å². The van der Waals surface area contributed by atoms with E-state index in [0.29, 0.717) is 11.5 Å². The maximum Gasteiger partial charge on any atom is 0.0247 e. The van der Waals surface area contributed by atoms with Crippen molar-refractivity contribution in [2.24, 2.45) is 23.0 Å². The largest absolute Gasteiger partial charge is 0.329 e. The SMILES string of the molecule is CC1CCCN(C2CCC(C)(C)CC2C)C1CN. The van der Waals surface area contributed by atoms with Gasteiger partial charge in [-0.15, -0.1) is 0 Å². The van der Waals surface area contributed by atoms with Gasteiger partial charge in [0.25, 0.3) is 0 Å². The van der Waals surface area contributed by atoms with Gasteiger partial charge in [-0.2, -0.15) is 0 Å². The van der Waals surface area contributed by atoms with E-state index >= 15 is 0 Å². The van der Waals surface area contributed by atoms with E-state index in [9.17, 15) is 0 Å². The molecule has 4 atom stereocenters. The highest BCUT2D eigenvalue weighted by molar-refractivity contribution is 4.93. The molecule has 0 spiro atoms. The lowest BCUT2D eigenvalue weighted by molar-refractivity contribution is -0.00226. The van der Waals surface area contributed by atoms with Crippen LogP contribution in [0.5, 0.6) is 0 Å². The molecule has 2 aliphatic rings. The van der Waals surface area contributed by atoms with Gasteiger partial charge < -0.3 is 5.73 Å². The summed E-state index contributed by atoms with van der Waals surface area (Å²) in [5.41, 5.74) is 6.60. The molecule has 2 fully saturated rings. The van der Waals surface area contributed by atoms with Crippen LogP contribution in [-0.4, -0.2) is 30.1 Å². The Labute approximate surface area is 113 Å². The standard InChI is InChI=1S/C16H32N2/c1-12-6-5-9-18(15(12)11-17)14-7-8-16(3,4)10-13(14)2/h12-15H,5-11,17H2,1-4H3. The molecular formula is C16H32N2. The second-order valence-electron chi connectivity index (χ2n) is 7.61. The highest BCUT2D eigenvalue weighted by Crippen LogP contribution is 2.42. The minimum atomic E-state index is 0.551. The van der Waals surface area contributed by atoms with Gasteiger partial charge in [0.15, 0.2) is 0 Å². The maximum absolute atomic E-state index is 6.05. The van der Waals surface area contributed by atoms with Crippen LogP contribution in [-0.2, 0) is 0 Å². The Kier molecular flexibility index (Phi) is 4.38. The number of hydrogen-bond donors (Lipinski definition) is 1. The van der Waals surface area contributed by atoms with Crippen molar-refractivity contribution in [1.82, 2.24) is 4.90 Å². The Hall–Kier alpha value is -0.0800. The van der Waals surface area contributed by atoms with Crippen LogP contribution in [0.25, 0.3) is 0 Å². The van der Waals surface area contributed by atoms with Crippen LogP contribution in [0.3, 0.4) is 0 Å². The molecule has 0 radical (unpaired) electrons. The Bertz CT molecular complexity index is 274. The van der Waals surface area contributed by atoms with Crippen LogP contribution in [0.4, 0.5) is 0 Å². The van der Waals surface area contributed by atoms with Crippen molar-refractivity contribution in [3.8, 4) is 0 Å². The molecule has 1 saturated carbocycles. The zero-order chi connectivity index (χ0) is 13.3. The fraction of sp³-hybridized carbons (Fsp3) is 1.00.